The van der Waals surface area contributed by atoms with Crippen LogP contribution in [0.2, 0.25) is 0 Å². The number of nitrogens with one attached hydrogen (secondary N) is 2. The van der Waals surface area contributed by atoms with Gasteiger partial charge in [-0.2, -0.15) is 0 Å². The Labute approximate surface area is 106 Å². The van der Waals surface area contributed by atoms with Gasteiger partial charge in [0, 0.05) is 12.1 Å². The van der Waals surface area contributed by atoms with Crippen molar-refractivity contribution in [3.63, 3.8) is 0 Å². The number of carbonyl (C=O) groups excluding carboxylic acids is 1. The van der Waals surface area contributed by atoms with Gasteiger partial charge in [-0.15, -0.1) is 0 Å². The monoisotopic (exact) mass is 252 g/mol. The summed E-state index contributed by atoms with van der Waals surface area (Å²) in [6, 6.07) is 6.92. The molecule has 0 saturated carbocycles. The minimum Gasteiger partial charge on any atom is -0.494 e. The first kappa shape index (κ1) is 13.4. The van der Waals surface area contributed by atoms with E-state index in [4.69, 9.17) is 17.0 Å². The Morgan fingerprint density at radius 1 is 1.29 bits per heavy atom. The number of rotatable bonds is 4. The molecule has 0 aliphatic rings. The van der Waals surface area contributed by atoms with Gasteiger partial charge in [0.05, 0.1) is 6.61 Å². The molecule has 92 valence electrons. The van der Waals surface area contributed by atoms with Crippen molar-refractivity contribution in [1.82, 2.24) is 10.6 Å². The Kier molecular flexibility index (Phi) is 5.42. The highest BCUT2D eigenvalue weighted by atomic mass is 32.1. The highest BCUT2D eigenvalue weighted by Gasteiger charge is 2.06. The van der Waals surface area contributed by atoms with E-state index in [0.29, 0.717) is 23.8 Å². The van der Waals surface area contributed by atoms with Crippen LogP contribution in [0, 0.1) is 0 Å². The molecule has 0 bridgehead atoms. The molecule has 5 heteroatoms. The van der Waals surface area contributed by atoms with Crippen molar-refractivity contribution in [2.24, 2.45) is 0 Å². The fraction of sp³-hybridized carbons (Fsp3) is 0.333. The average molecular weight is 252 g/mol. The molecule has 0 aromatic heterocycles. The molecule has 1 rings (SSSR count). The van der Waals surface area contributed by atoms with Gasteiger partial charge in [-0.3, -0.25) is 10.1 Å². The highest BCUT2D eigenvalue weighted by Crippen LogP contribution is 2.11. The zero-order chi connectivity index (χ0) is 12.7. The number of hydrogen-bond acceptors (Lipinski definition) is 3. The quantitative estimate of drug-likeness (QED) is 0.801. The molecule has 0 fully saturated rings. The van der Waals surface area contributed by atoms with Crippen LogP contribution in [0.1, 0.15) is 24.2 Å². The summed E-state index contributed by atoms with van der Waals surface area (Å²) in [6.07, 6.45) is 0. The van der Waals surface area contributed by atoms with Crippen molar-refractivity contribution in [2.45, 2.75) is 13.8 Å². The lowest BCUT2D eigenvalue weighted by Gasteiger charge is -2.08. The van der Waals surface area contributed by atoms with Crippen LogP contribution in [0.5, 0.6) is 5.75 Å². The average Bonchev–Trinajstić information content (AvgIpc) is 2.30. The third-order valence-electron chi connectivity index (χ3n) is 1.99. The molecular formula is C12H16N2O2S. The van der Waals surface area contributed by atoms with Crippen molar-refractivity contribution in [2.75, 3.05) is 13.2 Å². The molecule has 1 aromatic rings. The summed E-state index contributed by atoms with van der Waals surface area (Å²) >= 11 is 4.93. The molecular weight excluding hydrogens is 236 g/mol. The van der Waals surface area contributed by atoms with E-state index >= 15 is 0 Å². The summed E-state index contributed by atoms with van der Waals surface area (Å²) in [4.78, 5) is 11.7. The van der Waals surface area contributed by atoms with E-state index in [0.717, 1.165) is 5.75 Å². The van der Waals surface area contributed by atoms with Crippen molar-refractivity contribution >= 4 is 23.2 Å². The van der Waals surface area contributed by atoms with E-state index in [-0.39, 0.29) is 5.91 Å². The highest BCUT2D eigenvalue weighted by molar-refractivity contribution is 7.80. The topological polar surface area (TPSA) is 50.4 Å². The molecule has 0 unspecified atom stereocenters. The molecule has 1 aromatic carbocycles. The van der Waals surface area contributed by atoms with Crippen molar-refractivity contribution in [1.29, 1.82) is 0 Å². The first-order valence-corrected chi connectivity index (χ1v) is 5.90. The van der Waals surface area contributed by atoms with Gasteiger partial charge in [0.25, 0.3) is 5.91 Å². The fourth-order valence-corrected chi connectivity index (χ4v) is 1.49. The first-order valence-electron chi connectivity index (χ1n) is 5.49. The van der Waals surface area contributed by atoms with Gasteiger partial charge in [-0.1, -0.05) is 0 Å². The van der Waals surface area contributed by atoms with Gasteiger partial charge in [-0.05, 0) is 50.3 Å². The number of amides is 1. The maximum Gasteiger partial charge on any atom is 0.257 e. The molecule has 0 atom stereocenters. The molecule has 0 aliphatic heterocycles. The normalized spacial score (nSPS) is 9.53. The number of carbonyl (C=O) groups is 1. The van der Waals surface area contributed by atoms with Crippen LogP contribution in [-0.2, 0) is 0 Å². The lowest BCUT2D eigenvalue weighted by atomic mass is 10.2. The minimum absolute atomic E-state index is 0.223. The van der Waals surface area contributed by atoms with Crippen LogP contribution in [0.3, 0.4) is 0 Å². The van der Waals surface area contributed by atoms with Gasteiger partial charge in [0.15, 0.2) is 5.11 Å². The van der Waals surface area contributed by atoms with Crippen molar-refractivity contribution in [3.8, 4) is 5.75 Å². The molecule has 0 radical (unpaired) electrons. The number of benzene rings is 1. The van der Waals surface area contributed by atoms with E-state index in [9.17, 15) is 4.79 Å². The second-order valence-electron chi connectivity index (χ2n) is 3.27. The predicted octanol–water partition coefficient (Wildman–Crippen LogP) is 1.71. The van der Waals surface area contributed by atoms with Crippen molar-refractivity contribution in [3.05, 3.63) is 29.8 Å². The van der Waals surface area contributed by atoms with Crippen LogP contribution >= 0.6 is 12.2 Å². The lowest BCUT2D eigenvalue weighted by Crippen LogP contribution is -2.38. The first-order chi connectivity index (χ1) is 8.17. The Morgan fingerprint density at radius 3 is 2.47 bits per heavy atom. The van der Waals surface area contributed by atoms with Gasteiger partial charge in [0.2, 0.25) is 0 Å². The third-order valence-corrected chi connectivity index (χ3v) is 2.24. The van der Waals surface area contributed by atoms with Gasteiger partial charge >= 0.3 is 0 Å². The zero-order valence-electron chi connectivity index (χ0n) is 9.95. The second-order valence-corrected chi connectivity index (χ2v) is 3.68. The summed E-state index contributed by atoms with van der Waals surface area (Å²) < 4.78 is 5.29. The van der Waals surface area contributed by atoms with Crippen LogP contribution in [-0.4, -0.2) is 24.2 Å². The van der Waals surface area contributed by atoms with Gasteiger partial charge in [-0.25, -0.2) is 0 Å². The smallest absolute Gasteiger partial charge is 0.257 e. The standard InChI is InChI=1S/C12H16N2O2S/c1-3-13-12(17)14-11(15)9-5-7-10(8-6-9)16-4-2/h5-8H,3-4H2,1-2H3,(H2,13,14,15,17). The SMILES string of the molecule is CCNC(=S)NC(=O)c1ccc(OCC)cc1. The Bertz CT molecular complexity index is 390. The van der Waals surface area contributed by atoms with E-state index in [2.05, 4.69) is 10.6 Å². The Morgan fingerprint density at radius 2 is 1.94 bits per heavy atom. The molecule has 2 N–H and O–H groups in total. The van der Waals surface area contributed by atoms with Gasteiger partial charge in [0.1, 0.15) is 5.75 Å². The summed E-state index contributed by atoms with van der Waals surface area (Å²) in [5, 5.41) is 5.78. The maximum atomic E-state index is 11.7. The van der Waals surface area contributed by atoms with Crippen LogP contribution in [0.15, 0.2) is 24.3 Å². The van der Waals surface area contributed by atoms with E-state index in [1.165, 1.54) is 0 Å². The number of ether oxygens (including phenoxy) is 1. The maximum absolute atomic E-state index is 11.7. The second kappa shape index (κ2) is 6.85. The van der Waals surface area contributed by atoms with E-state index in [1.54, 1.807) is 24.3 Å². The van der Waals surface area contributed by atoms with Gasteiger partial charge < -0.3 is 10.1 Å². The molecule has 0 saturated heterocycles. The third kappa shape index (κ3) is 4.40. The summed E-state index contributed by atoms with van der Waals surface area (Å²) in [5.74, 6) is 0.525. The molecule has 0 spiro atoms. The Balaban J connectivity index is 2.60. The predicted molar refractivity (Wildman–Crippen MR) is 71.4 cm³/mol. The molecule has 17 heavy (non-hydrogen) atoms. The summed E-state index contributed by atoms with van der Waals surface area (Å²) in [7, 11) is 0. The van der Waals surface area contributed by atoms with Crippen LogP contribution < -0.4 is 15.4 Å². The van der Waals surface area contributed by atoms with E-state index < -0.39 is 0 Å². The zero-order valence-corrected chi connectivity index (χ0v) is 10.8. The van der Waals surface area contributed by atoms with Crippen LogP contribution in [0.25, 0.3) is 0 Å². The number of thiocarbonyl (C=S) groups is 1. The lowest BCUT2D eigenvalue weighted by molar-refractivity contribution is 0.0976. The summed E-state index contributed by atoms with van der Waals surface area (Å²) in [5.41, 5.74) is 0.550. The fourth-order valence-electron chi connectivity index (χ4n) is 1.25. The van der Waals surface area contributed by atoms with E-state index in [1.807, 2.05) is 13.8 Å². The molecule has 0 heterocycles. The summed E-state index contributed by atoms with van der Waals surface area (Å²) in [6.45, 7) is 5.11. The largest absolute Gasteiger partial charge is 0.494 e. The van der Waals surface area contributed by atoms with Crippen LogP contribution in [0.4, 0.5) is 0 Å². The minimum atomic E-state index is -0.223. The number of hydrogen-bond donors (Lipinski definition) is 2. The molecule has 0 aliphatic carbocycles. The Hall–Kier alpha value is -1.62. The molecule has 4 nitrogen and oxygen atoms in total. The van der Waals surface area contributed by atoms with Crippen molar-refractivity contribution < 1.29 is 9.53 Å². The molecule has 1 amide bonds.